The van der Waals surface area contributed by atoms with E-state index in [1.54, 1.807) is 0 Å². The molecule has 1 aromatic carbocycles. The van der Waals surface area contributed by atoms with Crippen molar-refractivity contribution in [2.24, 2.45) is 5.73 Å². The van der Waals surface area contributed by atoms with Crippen LogP contribution in [0.2, 0.25) is 5.02 Å². The zero-order chi connectivity index (χ0) is 13.7. The van der Waals surface area contributed by atoms with Crippen LogP contribution in [-0.2, 0) is 11.2 Å². The molecular formula is C14H20ClN3O. The lowest BCUT2D eigenvalue weighted by Gasteiger charge is -2.27. The summed E-state index contributed by atoms with van der Waals surface area (Å²) < 4.78 is 0. The number of halogens is 1. The lowest BCUT2D eigenvalue weighted by atomic mass is 10.0. The van der Waals surface area contributed by atoms with E-state index in [1.165, 1.54) is 0 Å². The molecule has 1 aromatic rings. The third kappa shape index (κ3) is 4.49. The smallest absolute Gasteiger partial charge is 0.234 e. The fourth-order valence-corrected chi connectivity index (χ4v) is 2.50. The van der Waals surface area contributed by atoms with Gasteiger partial charge in [-0.3, -0.25) is 4.79 Å². The summed E-state index contributed by atoms with van der Waals surface area (Å²) in [6.07, 6.45) is 2.67. The van der Waals surface area contributed by atoms with Gasteiger partial charge in [0.2, 0.25) is 5.91 Å². The standard InChI is InChI=1S/C14H20ClN3O/c15-11-3-1-10(2-4-11)9-13(14(16)19)18-12-5-7-17-8-6-12/h1-4,12-13,17-18H,5-9H2,(H2,16,19)/t13-/m1/s1. The molecule has 4 nitrogen and oxygen atoms in total. The van der Waals surface area contributed by atoms with Crippen LogP contribution >= 0.6 is 11.6 Å². The third-order valence-electron chi connectivity index (χ3n) is 3.47. The molecule has 0 bridgehead atoms. The van der Waals surface area contributed by atoms with E-state index < -0.39 is 0 Å². The van der Waals surface area contributed by atoms with E-state index in [-0.39, 0.29) is 11.9 Å². The molecule has 19 heavy (non-hydrogen) atoms. The Kier molecular flexibility index (Phi) is 5.19. The average Bonchev–Trinajstić information content (AvgIpc) is 2.41. The van der Waals surface area contributed by atoms with E-state index in [4.69, 9.17) is 17.3 Å². The van der Waals surface area contributed by atoms with Gasteiger partial charge in [-0.05, 0) is 50.0 Å². The quantitative estimate of drug-likeness (QED) is 0.757. The molecule has 4 N–H and O–H groups in total. The third-order valence-corrected chi connectivity index (χ3v) is 3.72. The van der Waals surface area contributed by atoms with Crippen LogP contribution in [0.4, 0.5) is 0 Å². The molecule has 0 aliphatic carbocycles. The molecule has 0 saturated carbocycles. The highest BCUT2D eigenvalue weighted by atomic mass is 35.5. The maximum Gasteiger partial charge on any atom is 0.234 e. The number of carbonyl (C=O) groups is 1. The van der Waals surface area contributed by atoms with Gasteiger partial charge in [-0.1, -0.05) is 23.7 Å². The largest absolute Gasteiger partial charge is 0.368 e. The van der Waals surface area contributed by atoms with Crippen molar-refractivity contribution in [1.82, 2.24) is 10.6 Å². The second kappa shape index (κ2) is 6.89. The Hall–Kier alpha value is -1.10. The van der Waals surface area contributed by atoms with Crippen molar-refractivity contribution >= 4 is 17.5 Å². The number of rotatable bonds is 5. The van der Waals surface area contributed by atoms with Gasteiger partial charge in [0.1, 0.15) is 0 Å². The van der Waals surface area contributed by atoms with Gasteiger partial charge in [-0.25, -0.2) is 0 Å². The van der Waals surface area contributed by atoms with Crippen molar-refractivity contribution < 1.29 is 4.79 Å². The Morgan fingerprint density at radius 1 is 1.37 bits per heavy atom. The number of hydrogen-bond donors (Lipinski definition) is 3. The van der Waals surface area contributed by atoms with E-state index in [0.29, 0.717) is 17.5 Å². The minimum Gasteiger partial charge on any atom is -0.368 e. The van der Waals surface area contributed by atoms with Gasteiger partial charge in [-0.2, -0.15) is 0 Å². The molecule has 1 atom stereocenters. The molecule has 104 valence electrons. The predicted molar refractivity (Wildman–Crippen MR) is 77.2 cm³/mol. The van der Waals surface area contributed by atoms with Crippen LogP contribution in [0.1, 0.15) is 18.4 Å². The molecule has 0 unspecified atom stereocenters. The van der Waals surface area contributed by atoms with Crippen molar-refractivity contribution in [3.8, 4) is 0 Å². The Bertz CT molecular complexity index is 415. The molecule has 1 saturated heterocycles. The maximum atomic E-state index is 11.6. The normalized spacial score (nSPS) is 18.2. The highest BCUT2D eigenvalue weighted by molar-refractivity contribution is 6.30. The van der Waals surface area contributed by atoms with Gasteiger partial charge < -0.3 is 16.4 Å². The summed E-state index contributed by atoms with van der Waals surface area (Å²) in [5.41, 5.74) is 6.55. The lowest BCUT2D eigenvalue weighted by Crippen LogP contribution is -2.50. The lowest BCUT2D eigenvalue weighted by molar-refractivity contribution is -0.120. The highest BCUT2D eigenvalue weighted by Crippen LogP contribution is 2.12. The second-order valence-electron chi connectivity index (χ2n) is 4.98. The molecule has 1 heterocycles. The topological polar surface area (TPSA) is 67.2 Å². The van der Waals surface area contributed by atoms with Gasteiger partial charge in [0.05, 0.1) is 6.04 Å². The Morgan fingerprint density at radius 3 is 2.58 bits per heavy atom. The summed E-state index contributed by atoms with van der Waals surface area (Å²) in [6.45, 7) is 1.98. The first-order valence-electron chi connectivity index (χ1n) is 6.65. The summed E-state index contributed by atoms with van der Waals surface area (Å²) in [5.74, 6) is -0.298. The van der Waals surface area contributed by atoms with Gasteiger partial charge in [0.25, 0.3) is 0 Å². The van der Waals surface area contributed by atoms with Crippen molar-refractivity contribution in [2.45, 2.75) is 31.3 Å². The van der Waals surface area contributed by atoms with Crippen molar-refractivity contribution in [3.63, 3.8) is 0 Å². The minimum absolute atomic E-state index is 0.298. The molecule has 1 aliphatic rings. The van der Waals surface area contributed by atoms with Crippen LogP contribution in [0.15, 0.2) is 24.3 Å². The van der Waals surface area contributed by atoms with Crippen LogP contribution in [0.3, 0.4) is 0 Å². The number of primary amides is 1. The molecule has 1 aliphatic heterocycles. The van der Waals surface area contributed by atoms with Crippen LogP contribution in [0, 0.1) is 0 Å². The van der Waals surface area contributed by atoms with Crippen LogP contribution in [-0.4, -0.2) is 31.1 Å². The molecular weight excluding hydrogens is 262 g/mol. The van der Waals surface area contributed by atoms with Crippen LogP contribution in [0.25, 0.3) is 0 Å². The van der Waals surface area contributed by atoms with E-state index in [9.17, 15) is 4.79 Å². The van der Waals surface area contributed by atoms with Crippen LogP contribution < -0.4 is 16.4 Å². The highest BCUT2D eigenvalue weighted by Gasteiger charge is 2.21. The number of piperidine rings is 1. The van der Waals surface area contributed by atoms with E-state index >= 15 is 0 Å². The number of nitrogens with two attached hydrogens (primary N) is 1. The average molecular weight is 282 g/mol. The van der Waals surface area contributed by atoms with Crippen molar-refractivity contribution in [3.05, 3.63) is 34.9 Å². The Labute approximate surface area is 118 Å². The molecule has 0 spiro atoms. The molecule has 2 rings (SSSR count). The first kappa shape index (κ1) is 14.3. The number of carbonyl (C=O) groups excluding carboxylic acids is 1. The second-order valence-corrected chi connectivity index (χ2v) is 5.41. The molecule has 0 radical (unpaired) electrons. The van der Waals surface area contributed by atoms with Crippen molar-refractivity contribution in [1.29, 1.82) is 0 Å². The maximum absolute atomic E-state index is 11.6. The molecule has 5 heteroatoms. The first-order valence-corrected chi connectivity index (χ1v) is 7.03. The fraction of sp³-hybridized carbons (Fsp3) is 0.500. The van der Waals surface area contributed by atoms with Gasteiger partial charge in [0.15, 0.2) is 0 Å². The molecule has 1 amide bonds. The van der Waals surface area contributed by atoms with E-state index in [1.807, 2.05) is 24.3 Å². The van der Waals surface area contributed by atoms with Gasteiger partial charge in [0, 0.05) is 11.1 Å². The SMILES string of the molecule is NC(=O)[C@@H](Cc1ccc(Cl)cc1)NC1CCNCC1. The number of benzene rings is 1. The summed E-state index contributed by atoms with van der Waals surface area (Å²) in [7, 11) is 0. The number of nitrogens with one attached hydrogen (secondary N) is 2. The zero-order valence-electron chi connectivity index (χ0n) is 10.9. The fourth-order valence-electron chi connectivity index (χ4n) is 2.37. The number of amides is 1. The first-order chi connectivity index (χ1) is 9.15. The van der Waals surface area contributed by atoms with E-state index in [2.05, 4.69) is 10.6 Å². The molecule has 0 aromatic heterocycles. The van der Waals surface area contributed by atoms with Gasteiger partial charge >= 0.3 is 0 Å². The Morgan fingerprint density at radius 2 is 2.00 bits per heavy atom. The zero-order valence-corrected chi connectivity index (χ0v) is 11.6. The summed E-state index contributed by atoms with van der Waals surface area (Å²) in [5, 5.41) is 7.37. The van der Waals surface area contributed by atoms with Crippen LogP contribution in [0.5, 0.6) is 0 Å². The Balaban J connectivity index is 1.95. The monoisotopic (exact) mass is 281 g/mol. The van der Waals surface area contributed by atoms with Gasteiger partial charge in [-0.15, -0.1) is 0 Å². The minimum atomic E-state index is -0.315. The van der Waals surface area contributed by atoms with Crippen molar-refractivity contribution in [2.75, 3.05) is 13.1 Å². The predicted octanol–water partition coefficient (Wildman–Crippen LogP) is 1.08. The summed E-state index contributed by atoms with van der Waals surface area (Å²) in [4.78, 5) is 11.6. The van der Waals surface area contributed by atoms with E-state index in [0.717, 1.165) is 31.5 Å². The number of hydrogen-bond acceptors (Lipinski definition) is 3. The summed E-state index contributed by atoms with van der Waals surface area (Å²) in [6, 6.07) is 7.58. The molecule has 1 fully saturated rings. The summed E-state index contributed by atoms with van der Waals surface area (Å²) >= 11 is 5.85.